The Kier molecular flexibility index (Phi) is 4.65. The second-order valence-corrected chi connectivity index (χ2v) is 6.90. The average Bonchev–Trinajstić information content (AvgIpc) is 3.34. The molecule has 1 amide bonds. The van der Waals surface area contributed by atoms with Gasteiger partial charge in [0.25, 0.3) is 0 Å². The highest BCUT2D eigenvalue weighted by Gasteiger charge is 2.22. The van der Waals surface area contributed by atoms with E-state index in [9.17, 15) is 4.79 Å². The fourth-order valence-electron chi connectivity index (χ4n) is 2.73. The summed E-state index contributed by atoms with van der Waals surface area (Å²) in [7, 11) is 0. The highest BCUT2D eigenvalue weighted by atomic mass is 32.1. The van der Waals surface area contributed by atoms with Crippen LogP contribution in [0.3, 0.4) is 0 Å². The van der Waals surface area contributed by atoms with Gasteiger partial charge in [0.05, 0.1) is 16.8 Å². The molecule has 2 aromatic carbocycles. The molecule has 0 radical (unpaired) electrons. The maximum absolute atomic E-state index is 12.8. The molecule has 0 saturated heterocycles. The summed E-state index contributed by atoms with van der Waals surface area (Å²) < 4.78 is 2.60. The molecule has 1 atom stereocenters. The number of hydrogen-bond acceptors (Lipinski definition) is 6. The fourth-order valence-corrected chi connectivity index (χ4v) is 3.64. The Hall–Kier alpha value is -3.13. The van der Waals surface area contributed by atoms with Crippen LogP contribution in [-0.2, 0) is 17.8 Å². The molecule has 4 rings (SSSR count). The highest BCUT2D eigenvalue weighted by Crippen LogP contribution is 2.21. The molecule has 0 aliphatic heterocycles. The van der Waals surface area contributed by atoms with Crippen molar-refractivity contribution in [2.45, 2.75) is 19.0 Å². The summed E-state index contributed by atoms with van der Waals surface area (Å²) in [5.41, 5.74) is 1.99. The van der Waals surface area contributed by atoms with Gasteiger partial charge in [0.15, 0.2) is 0 Å². The fraction of sp³-hybridized carbons (Fsp3) is 0.167. The molecular weight excluding hydrogens is 348 g/mol. The molecule has 2 heterocycles. The Labute approximate surface area is 153 Å². The van der Waals surface area contributed by atoms with Gasteiger partial charge in [0, 0.05) is 6.42 Å². The number of nitrogens with one attached hydrogen (secondary N) is 1. The van der Waals surface area contributed by atoms with Gasteiger partial charge in [-0.1, -0.05) is 42.5 Å². The van der Waals surface area contributed by atoms with Gasteiger partial charge in [0.2, 0.25) is 5.91 Å². The molecule has 0 fully saturated rings. The van der Waals surface area contributed by atoms with E-state index in [4.69, 9.17) is 0 Å². The number of carbonyl (C=O) groups is 1. The van der Waals surface area contributed by atoms with E-state index in [1.807, 2.05) is 54.6 Å². The molecule has 2 aromatic heterocycles. The summed E-state index contributed by atoms with van der Waals surface area (Å²) in [6.07, 6.45) is 1.97. The zero-order chi connectivity index (χ0) is 17.8. The lowest BCUT2D eigenvalue weighted by Crippen LogP contribution is -2.34. The van der Waals surface area contributed by atoms with Crippen molar-refractivity contribution in [2.75, 3.05) is 0 Å². The normalized spacial score (nSPS) is 12.2. The number of benzene rings is 2. The lowest BCUT2D eigenvalue weighted by Gasteiger charge is -2.16. The summed E-state index contributed by atoms with van der Waals surface area (Å²) >= 11 is 1.58. The standard InChI is InChI=1S/C18H16N6OS/c25-18(19-11-17-21-14-8-4-5-9-16(14)26-17)15(24-12-20-22-23-24)10-13-6-2-1-3-7-13/h1-9,12,15H,10-11H2,(H,19,25). The second kappa shape index (κ2) is 7.40. The zero-order valence-electron chi connectivity index (χ0n) is 13.8. The molecular formula is C18H16N6OS. The Morgan fingerprint density at radius 1 is 1.12 bits per heavy atom. The maximum atomic E-state index is 12.8. The minimum atomic E-state index is -0.512. The number of amides is 1. The lowest BCUT2D eigenvalue weighted by atomic mass is 10.1. The van der Waals surface area contributed by atoms with Crippen LogP contribution >= 0.6 is 11.3 Å². The van der Waals surface area contributed by atoms with Gasteiger partial charge in [-0.2, -0.15) is 0 Å². The number of fused-ring (bicyclic) bond motifs is 1. The van der Waals surface area contributed by atoms with Crippen molar-refractivity contribution < 1.29 is 4.79 Å². The third-order valence-corrected chi connectivity index (χ3v) is 5.05. The van der Waals surface area contributed by atoms with E-state index >= 15 is 0 Å². The van der Waals surface area contributed by atoms with Crippen LogP contribution in [-0.4, -0.2) is 31.1 Å². The smallest absolute Gasteiger partial charge is 0.245 e. The number of nitrogens with zero attached hydrogens (tertiary/aromatic N) is 5. The Bertz CT molecular complexity index is 966. The summed E-state index contributed by atoms with van der Waals surface area (Å²) in [4.78, 5) is 17.3. The Morgan fingerprint density at radius 2 is 1.92 bits per heavy atom. The van der Waals surface area contributed by atoms with Crippen LogP contribution in [0.4, 0.5) is 0 Å². The van der Waals surface area contributed by atoms with Gasteiger partial charge < -0.3 is 5.32 Å². The summed E-state index contributed by atoms with van der Waals surface area (Å²) in [6.45, 7) is 0.381. The average molecular weight is 364 g/mol. The van der Waals surface area contributed by atoms with Crippen LogP contribution in [0.15, 0.2) is 60.9 Å². The molecule has 0 bridgehead atoms. The van der Waals surface area contributed by atoms with Crippen LogP contribution in [0.5, 0.6) is 0 Å². The lowest BCUT2D eigenvalue weighted by molar-refractivity contribution is -0.124. The topological polar surface area (TPSA) is 85.6 Å². The van der Waals surface area contributed by atoms with Gasteiger partial charge in [-0.3, -0.25) is 4.79 Å². The van der Waals surface area contributed by atoms with Crippen LogP contribution in [0.1, 0.15) is 16.6 Å². The molecule has 0 aliphatic carbocycles. The molecule has 8 heteroatoms. The van der Waals surface area contributed by atoms with Crippen molar-refractivity contribution >= 4 is 27.5 Å². The van der Waals surface area contributed by atoms with Gasteiger partial charge in [-0.25, -0.2) is 9.67 Å². The first kappa shape index (κ1) is 16.3. The van der Waals surface area contributed by atoms with Crippen molar-refractivity contribution in [1.29, 1.82) is 0 Å². The SMILES string of the molecule is O=C(NCc1nc2ccccc2s1)C(Cc1ccccc1)n1cnnn1. The molecule has 4 aromatic rings. The third kappa shape index (κ3) is 3.60. The largest absolute Gasteiger partial charge is 0.348 e. The first-order chi connectivity index (χ1) is 12.8. The number of aromatic nitrogens is 5. The van der Waals surface area contributed by atoms with Crippen LogP contribution < -0.4 is 5.32 Å². The zero-order valence-corrected chi connectivity index (χ0v) is 14.6. The van der Waals surface area contributed by atoms with Gasteiger partial charge in [-0.05, 0) is 28.1 Å². The first-order valence-electron chi connectivity index (χ1n) is 8.18. The number of para-hydroxylation sites is 1. The number of rotatable bonds is 6. The minimum Gasteiger partial charge on any atom is -0.348 e. The van der Waals surface area contributed by atoms with Crippen molar-refractivity contribution in [2.24, 2.45) is 0 Å². The van der Waals surface area contributed by atoms with Crippen LogP contribution in [0.25, 0.3) is 10.2 Å². The van der Waals surface area contributed by atoms with Crippen molar-refractivity contribution in [1.82, 2.24) is 30.5 Å². The van der Waals surface area contributed by atoms with Crippen molar-refractivity contribution in [3.8, 4) is 0 Å². The van der Waals surface area contributed by atoms with Crippen molar-refractivity contribution in [3.05, 3.63) is 71.5 Å². The summed E-state index contributed by atoms with van der Waals surface area (Å²) in [5, 5.41) is 15.0. The highest BCUT2D eigenvalue weighted by molar-refractivity contribution is 7.18. The van der Waals surface area contributed by atoms with E-state index in [-0.39, 0.29) is 5.91 Å². The Morgan fingerprint density at radius 3 is 2.69 bits per heavy atom. The quantitative estimate of drug-likeness (QED) is 0.568. The first-order valence-corrected chi connectivity index (χ1v) is 9.00. The van der Waals surface area contributed by atoms with E-state index in [2.05, 4.69) is 25.8 Å². The molecule has 1 unspecified atom stereocenters. The predicted octanol–water partition coefficient (Wildman–Crippen LogP) is 2.38. The molecule has 1 N–H and O–H groups in total. The second-order valence-electron chi connectivity index (χ2n) is 5.79. The maximum Gasteiger partial charge on any atom is 0.245 e. The van der Waals surface area contributed by atoms with E-state index in [1.165, 1.54) is 11.0 Å². The molecule has 26 heavy (non-hydrogen) atoms. The molecule has 130 valence electrons. The van der Waals surface area contributed by atoms with E-state index < -0.39 is 6.04 Å². The number of tetrazole rings is 1. The molecule has 0 aliphatic rings. The van der Waals surface area contributed by atoms with E-state index in [0.29, 0.717) is 13.0 Å². The van der Waals surface area contributed by atoms with E-state index in [0.717, 1.165) is 20.8 Å². The number of thiazole rings is 1. The molecule has 0 spiro atoms. The summed E-state index contributed by atoms with van der Waals surface area (Å²) in [6, 6.07) is 17.2. The number of carbonyl (C=O) groups excluding carboxylic acids is 1. The van der Waals surface area contributed by atoms with Gasteiger partial charge in [0.1, 0.15) is 17.4 Å². The predicted molar refractivity (Wildman–Crippen MR) is 98.5 cm³/mol. The van der Waals surface area contributed by atoms with Crippen LogP contribution in [0, 0.1) is 0 Å². The monoisotopic (exact) mass is 364 g/mol. The van der Waals surface area contributed by atoms with Gasteiger partial charge in [-0.15, -0.1) is 16.4 Å². The molecule has 7 nitrogen and oxygen atoms in total. The Balaban J connectivity index is 1.49. The van der Waals surface area contributed by atoms with Crippen molar-refractivity contribution in [3.63, 3.8) is 0 Å². The summed E-state index contributed by atoms with van der Waals surface area (Å²) in [5.74, 6) is -0.139. The van der Waals surface area contributed by atoms with Gasteiger partial charge >= 0.3 is 0 Å². The minimum absolute atomic E-state index is 0.139. The van der Waals surface area contributed by atoms with E-state index in [1.54, 1.807) is 11.3 Å². The van der Waals surface area contributed by atoms with Crippen LogP contribution in [0.2, 0.25) is 0 Å². The number of hydrogen-bond donors (Lipinski definition) is 1. The molecule has 0 saturated carbocycles. The third-order valence-electron chi connectivity index (χ3n) is 4.01.